The molecule has 5 heteroatoms. The summed E-state index contributed by atoms with van der Waals surface area (Å²) < 4.78 is 5.58. The molecule has 0 saturated carbocycles. The van der Waals surface area contributed by atoms with Crippen molar-refractivity contribution in [2.75, 3.05) is 12.0 Å². The maximum Gasteiger partial charge on any atom is 0.228 e. The molecule has 0 bridgehead atoms. The first-order chi connectivity index (χ1) is 15.2. The molecule has 1 aliphatic rings. The van der Waals surface area contributed by atoms with Crippen molar-refractivity contribution >= 4 is 34.3 Å². The third kappa shape index (κ3) is 3.89. The summed E-state index contributed by atoms with van der Waals surface area (Å²) in [5.41, 5.74) is 4.06. The minimum absolute atomic E-state index is 0.00407. The average Bonchev–Trinajstić information content (AvgIpc) is 2.95. The summed E-state index contributed by atoms with van der Waals surface area (Å²) in [6.07, 6.45) is 2.21. The third-order valence-corrected chi connectivity index (χ3v) is 6.88. The van der Waals surface area contributed by atoms with Gasteiger partial charge in [-0.2, -0.15) is 0 Å². The molecule has 0 spiro atoms. The number of fused-ring (bicyclic) bond motifs is 2. The number of benzene rings is 3. The fourth-order valence-electron chi connectivity index (χ4n) is 4.06. The molecule has 4 nitrogen and oxygen atoms in total. The molecular weight excluding hydrogens is 404 g/mol. The van der Waals surface area contributed by atoms with Gasteiger partial charge in [0.15, 0.2) is 0 Å². The quantitative estimate of drug-likeness (QED) is 0.401. The molecule has 1 atom stereocenters. The second kappa shape index (κ2) is 8.44. The van der Waals surface area contributed by atoms with Crippen LogP contribution in [0, 0.1) is 0 Å². The van der Waals surface area contributed by atoms with Gasteiger partial charge in [0.25, 0.3) is 0 Å². The molecule has 0 saturated heterocycles. The molecule has 1 amide bonds. The second-order valence-electron chi connectivity index (χ2n) is 7.53. The monoisotopic (exact) mass is 426 g/mol. The van der Waals surface area contributed by atoms with Gasteiger partial charge in [-0.3, -0.25) is 9.78 Å². The molecule has 3 aromatic carbocycles. The van der Waals surface area contributed by atoms with Crippen molar-refractivity contribution < 1.29 is 9.53 Å². The van der Waals surface area contributed by atoms with E-state index < -0.39 is 0 Å². The number of carbonyl (C=O) groups excluding carboxylic acids is 1. The number of aromatic nitrogens is 1. The van der Waals surface area contributed by atoms with Crippen LogP contribution in [0.3, 0.4) is 0 Å². The van der Waals surface area contributed by atoms with Crippen LogP contribution >= 0.6 is 11.8 Å². The number of amides is 1. The molecule has 31 heavy (non-hydrogen) atoms. The van der Waals surface area contributed by atoms with Gasteiger partial charge in [0.2, 0.25) is 5.91 Å². The number of anilines is 1. The van der Waals surface area contributed by atoms with Crippen LogP contribution in [0.2, 0.25) is 0 Å². The summed E-state index contributed by atoms with van der Waals surface area (Å²) in [5, 5.41) is 1.08. The van der Waals surface area contributed by atoms with E-state index in [9.17, 15) is 4.79 Å². The standard InChI is InChI=1S/C26H22N2O2S/c1-30-23-10-4-2-8-20(23)25-16-26(29)28(22-9-3-5-11-24(22)31-25)17-18-12-13-21-19(15-18)7-6-14-27-21/h2-15,25H,16-17H2,1H3. The molecule has 1 unspecified atom stereocenters. The van der Waals surface area contributed by atoms with Gasteiger partial charge in [0, 0.05) is 33.7 Å². The van der Waals surface area contributed by atoms with Crippen molar-refractivity contribution in [1.82, 2.24) is 4.98 Å². The Morgan fingerprint density at radius 2 is 1.87 bits per heavy atom. The molecule has 2 heterocycles. The summed E-state index contributed by atoms with van der Waals surface area (Å²) in [5.74, 6) is 0.931. The van der Waals surface area contributed by atoms with E-state index in [-0.39, 0.29) is 11.2 Å². The van der Waals surface area contributed by atoms with Gasteiger partial charge in [-0.1, -0.05) is 42.5 Å². The molecule has 0 N–H and O–H groups in total. The van der Waals surface area contributed by atoms with E-state index >= 15 is 0 Å². The van der Waals surface area contributed by atoms with Crippen LogP contribution in [-0.2, 0) is 11.3 Å². The number of carbonyl (C=O) groups is 1. The van der Waals surface area contributed by atoms with Crippen LogP contribution in [0.15, 0.2) is 90.0 Å². The Labute approximate surface area is 185 Å². The highest BCUT2D eigenvalue weighted by Gasteiger charge is 2.30. The highest BCUT2D eigenvalue weighted by atomic mass is 32.2. The molecular formula is C26H22N2O2S. The first kappa shape index (κ1) is 19.6. The maximum atomic E-state index is 13.5. The van der Waals surface area contributed by atoms with Gasteiger partial charge in [0.1, 0.15) is 5.75 Å². The van der Waals surface area contributed by atoms with Crippen LogP contribution in [0.4, 0.5) is 5.69 Å². The van der Waals surface area contributed by atoms with Crippen LogP contribution < -0.4 is 9.64 Å². The molecule has 5 rings (SSSR count). The van der Waals surface area contributed by atoms with Crippen LogP contribution in [0.5, 0.6) is 5.75 Å². The number of methoxy groups -OCH3 is 1. The maximum absolute atomic E-state index is 13.5. The molecule has 1 aliphatic heterocycles. The minimum atomic E-state index is -0.00407. The Hall–Kier alpha value is -3.31. The number of ether oxygens (including phenoxy) is 1. The van der Waals surface area contributed by atoms with E-state index in [0.717, 1.165) is 38.4 Å². The number of para-hydroxylation sites is 2. The summed E-state index contributed by atoms with van der Waals surface area (Å²) in [6, 6.07) is 26.3. The Balaban J connectivity index is 1.52. The van der Waals surface area contributed by atoms with Gasteiger partial charge in [-0.15, -0.1) is 11.8 Å². The lowest BCUT2D eigenvalue weighted by Crippen LogP contribution is -2.30. The molecule has 4 aromatic rings. The summed E-state index contributed by atoms with van der Waals surface area (Å²) >= 11 is 1.73. The fourth-order valence-corrected chi connectivity index (χ4v) is 5.37. The Morgan fingerprint density at radius 1 is 1.03 bits per heavy atom. The van der Waals surface area contributed by atoms with E-state index in [0.29, 0.717) is 13.0 Å². The Kier molecular flexibility index (Phi) is 5.35. The highest BCUT2D eigenvalue weighted by molar-refractivity contribution is 7.99. The first-order valence-corrected chi connectivity index (χ1v) is 11.1. The lowest BCUT2D eigenvalue weighted by Gasteiger charge is -2.23. The zero-order valence-corrected chi connectivity index (χ0v) is 18.0. The predicted octanol–water partition coefficient (Wildman–Crippen LogP) is 6.01. The van der Waals surface area contributed by atoms with Gasteiger partial charge in [-0.25, -0.2) is 0 Å². The summed E-state index contributed by atoms with van der Waals surface area (Å²) in [6.45, 7) is 0.528. The van der Waals surface area contributed by atoms with Crippen molar-refractivity contribution in [2.24, 2.45) is 0 Å². The number of thioether (sulfide) groups is 1. The van der Waals surface area contributed by atoms with Gasteiger partial charge < -0.3 is 9.64 Å². The van der Waals surface area contributed by atoms with E-state index in [2.05, 4.69) is 35.3 Å². The topological polar surface area (TPSA) is 42.4 Å². The Bertz CT molecular complexity index is 1260. The van der Waals surface area contributed by atoms with Crippen LogP contribution in [0.25, 0.3) is 10.9 Å². The SMILES string of the molecule is COc1ccccc1C1CC(=O)N(Cc2ccc3ncccc3c2)c2ccccc2S1. The van der Waals surface area contributed by atoms with E-state index in [4.69, 9.17) is 4.74 Å². The van der Waals surface area contributed by atoms with Gasteiger partial charge in [0.05, 0.1) is 24.9 Å². The third-order valence-electron chi connectivity index (χ3n) is 5.58. The van der Waals surface area contributed by atoms with Crippen LogP contribution in [0.1, 0.15) is 22.8 Å². The number of hydrogen-bond acceptors (Lipinski definition) is 4. The number of nitrogens with zero attached hydrogens (tertiary/aromatic N) is 2. The number of rotatable bonds is 4. The smallest absolute Gasteiger partial charge is 0.228 e. The van der Waals surface area contributed by atoms with E-state index in [1.807, 2.05) is 53.4 Å². The number of hydrogen-bond donors (Lipinski definition) is 0. The normalized spacial score (nSPS) is 16.1. The zero-order valence-electron chi connectivity index (χ0n) is 17.2. The molecule has 0 aliphatic carbocycles. The zero-order chi connectivity index (χ0) is 21.2. The molecule has 0 radical (unpaired) electrons. The van der Waals surface area contributed by atoms with Gasteiger partial charge in [-0.05, 0) is 42.0 Å². The summed E-state index contributed by atoms with van der Waals surface area (Å²) in [4.78, 5) is 20.9. The molecule has 1 aromatic heterocycles. The highest BCUT2D eigenvalue weighted by Crippen LogP contribution is 2.47. The van der Waals surface area contributed by atoms with E-state index in [1.54, 1.807) is 25.1 Å². The van der Waals surface area contributed by atoms with Crippen molar-refractivity contribution in [2.45, 2.75) is 23.1 Å². The minimum Gasteiger partial charge on any atom is -0.496 e. The lowest BCUT2D eigenvalue weighted by atomic mass is 10.1. The van der Waals surface area contributed by atoms with E-state index in [1.165, 1.54) is 0 Å². The van der Waals surface area contributed by atoms with Gasteiger partial charge >= 0.3 is 0 Å². The summed E-state index contributed by atoms with van der Waals surface area (Å²) in [7, 11) is 1.68. The first-order valence-electron chi connectivity index (χ1n) is 10.3. The lowest BCUT2D eigenvalue weighted by molar-refractivity contribution is -0.118. The fraction of sp³-hybridized carbons (Fsp3) is 0.154. The van der Waals surface area contributed by atoms with Crippen molar-refractivity contribution in [1.29, 1.82) is 0 Å². The van der Waals surface area contributed by atoms with Crippen LogP contribution in [-0.4, -0.2) is 18.0 Å². The predicted molar refractivity (Wildman–Crippen MR) is 126 cm³/mol. The van der Waals surface area contributed by atoms with Crippen molar-refractivity contribution in [3.05, 3.63) is 96.2 Å². The second-order valence-corrected chi connectivity index (χ2v) is 8.78. The Morgan fingerprint density at radius 3 is 2.77 bits per heavy atom. The van der Waals surface area contributed by atoms with Crippen molar-refractivity contribution in [3.63, 3.8) is 0 Å². The molecule has 154 valence electrons. The van der Waals surface area contributed by atoms with Crippen molar-refractivity contribution in [3.8, 4) is 5.75 Å². The largest absolute Gasteiger partial charge is 0.496 e. The molecule has 0 fully saturated rings. The average molecular weight is 427 g/mol. The number of pyridine rings is 1.